The minimum atomic E-state index is 0. The van der Waals surface area contributed by atoms with Crippen molar-refractivity contribution in [2.75, 3.05) is 48.1 Å². The molecule has 2 aromatic carbocycles. The Balaban J connectivity index is -0.00000217. The van der Waals surface area contributed by atoms with Crippen LogP contribution < -0.4 is 24.3 Å². The fourth-order valence-corrected chi connectivity index (χ4v) is 6.74. The van der Waals surface area contributed by atoms with Crippen LogP contribution in [0.2, 0.25) is 0 Å². The minimum absolute atomic E-state index is 0. The van der Waals surface area contributed by atoms with Crippen molar-refractivity contribution in [3.63, 3.8) is 0 Å². The van der Waals surface area contributed by atoms with Crippen molar-refractivity contribution in [1.29, 1.82) is 0 Å². The molecule has 3 aliphatic heterocycles. The van der Waals surface area contributed by atoms with E-state index in [0.29, 0.717) is 23.9 Å². The third-order valence-corrected chi connectivity index (χ3v) is 8.64. The number of ether oxygens (including phenoxy) is 4. The molecule has 0 radical (unpaired) electrons. The average molecular weight is 644 g/mol. The smallest absolute Gasteiger partial charge is 0.161 e. The average Bonchev–Trinajstić information content (AvgIpc) is 2.91. The molecular formula is C29H52Cl2N2O9. The maximum absolute atomic E-state index is 5.68. The first-order chi connectivity index (χ1) is 17.1. The molecule has 2 aromatic rings. The Morgan fingerprint density at radius 2 is 1.21 bits per heavy atom. The molecule has 0 aromatic heterocycles. The zero-order valence-electron chi connectivity index (χ0n) is 25.2. The SMILES string of the molecule is CC[C@H]1CN2CCc3cc(OC)c(OC)cc3C2C[C@@H]1C[C@H]1NCCc2cc(OC)c(OC)cc21.Cl.Cl.O.O.O.O.O. The molecule has 3 heterocycles. The van der Waals surface area contributed by atoms with Crippen molar-refractivity contribution in [2.24, 2.45) is 11.8 Å². The summed E-state index contributed by atoms with van der Waals surface area (Å²) < 4.78 is 22.5. The second-order valence-electron chi connectivity index (χ2n) is 10.2. The zero-order chi connectivity index (χ0) is 24.5. The second kappa shape index (κ2) is 19.3. The fraction of sp³-hybridized carbons (Fsp3) is 0.586. The number of rotatable bonds is 7. The van der Waals surface area contributed by atoms with Crippen molar-refractivity contribution in [3.05, 3.63) is 46.5 Å². The van der Waals surface area contributed by atoms with Gasteiger partial charge in [-0.1, -0.05) is 13.3 Å². The van der Waals surface area contributed by atoms with Crippen LogP contribution in [0.15, 0.2) is 24.3 Å². The van der Waals surface area contributed by atoms with E-state index in [0.717, 1.165) is 55.4 Å². The third-order valence-electron chi connectivity index (χ3n) is 8.64. The molecule has 3 aliphatic rings. The van der Waals surface area contributed by atoms with E-state index in [1.807, 2.05) is 0 Å². The molecule has 0 amide bonds. The number of halogens is 2. The van der Waals surface area contributed by atoms with Gasteiger partial charge in [0, 0.05) is 25.2 Å². The van der Waals surface area contributed by atoms with Gasteiger partial charge in [0.15, 0.2) is 23.0 Å². The number of benzene rings is 2. The topological polar surface area (TPSA) is 210 Å². The van der Waals surface area contributed by atoms with Crippen molar-refractivity contribution < 1.29 is 46.3 Å². The lowest BCUT2D eigenvalue weighted by molar-refractivity contribution is 0.0434. The maximum atomic E-state index is 5.68. The van der Waals surface area contributed by atoms with Gasteiger partial charge in [0.2, 0.25) is 0 Å². The molecule has 42 heavy (non-hydrogen) atoms. The Hall–Kier alpha value is -2.06. The number of methoxy groups -OCH3 is 4. The van der Waals surface area contributed by atoms with Crippen molar-refractivity contribution in [1.82, 2.24) is 10.2 Å². The van der Waals surface area contributed by atoms with E-state index >= 15 is 0 Å². The summed E-state index contributed by atoms with van der Waals surface area (Å²) in [7, 11) is 6.90. The monoisotopic (exact) mass is 642 g/mol. The molecule has 11 nitrogen and oxygen atoms in total. The zero-order valence-corrected chi connectivity index (χ0v) is 26.8. The number of nitrogens with one attached hydrogen (secondary N) is 1. The Labute approximate surface area is 261 Å². The van der Waals surface area contributed by atoms with Crippen LogP contribution in [-0.2, 0) is 12.8 Å². The molecule has 1 fully saturated rings. The van der Waals surface area contributed by atoms with Gasteiger partial charge in [-0.2, -0.15) is 0 Å². The first kappa shape index (κ1) is 44.4. The van der Waals surface area contributed by atoms with E-state index in [1.165, 1.54) is 41.6 Å². The quantitative estimate of drug-likeness (QED) is 0.474. The van der Waals surface area contributed by atoms with Gasteiger partial charge in [0.1, 0.15) is 0 Å². The van der Waals surface area contributed by atoms with E-state index in [9.17, 15) is 0 Å². The lowest BCUT2D eigenvalue weighted by Crippen LogP contribution is -2.46. The predicted octanol–water partition coefficient (Wildman–Crippen LogP) is 1.66. The van der Waals surface area contributed by atoms with E-state index in [-0.39, 0.29) is 52.2 Å². The summed E-state index contributed by atoms with van der Waals surface area (Å²) in [5.74, 6) is 4.69. The molecule has 0 spiro atoms. The lowest BCUT2D eigenvalue weighted by atomic mass is 9.72. The van der Waals surface area contributed by atoms with Gasteiger partial charge in [0.05, 0.1) is 28.4 Å². The molecule has 13 heteroatoms. The summed E-state index contributed by atoms with van der Waals surface area (Å²) in [6.45, 7) is 5.66. The number of piperidine rings is 1. The molecule has 1 unspecified atom stereocenters. The first-order valence-electron chi connectivity index (χ1n) is 13.1. The molecule has 5 rings (SSSR count). The summed E-state index contributed by atoms with van der Waals surface area (Å²) in [4.78, 5) is 2.72. The highest BCUT2D eigenvalue weighted by molar-refractivity contribution is 5.85. The van der Waals surface area contributed by atoms with Gasteiger partial charge < -0.3 is 51.6 Å². The molecule has 4 atom stereocenters. The molecule has 0 aliphatic carbocycles. The van der Waals surface area contributed by atoms with Crippen LogP contribution in [0.25, 0.3) is 0 Å². The molecule has 0 bridgehead atoms. The van der Waals surface area contributed by atoms with Crippen LogP contribution in [0.4, 0.5) is 0 Å². The summed E-state index contributed by atoms with van der Waals surface area (Å²) in [5, 5.41) is 3.83. The summed E-state index contributed by atoms with van der Waals surface area (Å²) in [6.07, 6.45) is 5.65. The van der Waals surface area contributed by atoms with Gasteiger partial charge in [-0.3, -0.25) is 4.90 Å². The summed E-state index contributed by atoms with van der Waals surface area (Å²) in [5.41, 5.74) is 5.60. The first-order valence-corrected chi connectivity index (χ1v) is 13.1. The van der Waals surface area contributed by atoms with Crippen LogP contribution in [0.3, 0.4) is 0 Å². The largest absolute Gasteiger partial charge is 0.493 e. The summed E-state index contributed by atoms with van der Waals surface area (Å²) >= 11 is 0. The van der Waals surface area contributed by atoms with Crippen LogP contribution in [-0.4, -0.2) is 80.4 Å². The molecule has 0 saturated carbocycles. The predicted molar refractivity (Wildman–Crippen MR) is 171 cm³/mol. The molecule has 11 N–H and O–H groups in total. The number of hydrogen-bond donors (Lipinski definition) is 1. The highest BCUT2D eigenvalue weighted by Crippen LogP contribution is 2.48. The Bertz CT molecular complexity index is 1080. The van der Waals surface area contributed by atoms with Crippen LogP contribution in [0.1, 0.15) is 60.5 Å². The van der Waals surface area contributed by atoms with Crippen molar-refractivity contribution in [3.8, 4) is 23.0 Å². The Kier molecular flexibility index (Phi) is 20.4. The van der Waals surface area contributed by atoms with Gasteiger partial charge in [-0.25, -0.2) is 0 Å². The van der Waals surface area contributed by atoms with Crippen molar-refractivity contribution in [2.45, 2.75) is 51.1 Å². The van der Waals surface area contributed by atoms with Crippen LogP contribution in [0.5, 0.6) is 23.0 Å². The fourth-order valence-electron chi connectivity index (χ4n) is 6.74. The van der Waals surface area contributed by atoms with Gasteiger partial charge in [0.25, 0.3) is 0 Å². The number of fused-ring (bicyclic) bond motifs is 4. The number of nitrogens with zero attached hydrogens (tertiary/aromatic N) is 1. The number of hydrogen-bond acceptors (Lipinski definition) is 6. The normalized spacial score (nSPS) is 21.5. The van der Waals surface area contributed by atoms with E-state index < -0.39 is 0 Å². The van der Waals surface area contributed by atoms with Gasteiger partial charge in [-0.05, 0) is 90.6 Å². The summed E-state index contributed by atoms with van der Waals surface area (Å²) in [6, 6.07) is 9.61. The second-order valence-corrected chi connectivity index (χ2v) is 10.2. The molecular weight excluding hydrogens is 591 g/mol. The Morgan fingerprint density at radius 3 is 1.74 bits per heavy atom. The highest BCUT2D eigenvalue weighted by Gasteiger charge is 2.40. The maximum Gasteiger partial charge on any atom is 0.161 e. The van der Waals surface area contributed by atoms with Gasteiger partial charge >= 0.3 is 0 Å². The van der Waals surface area contributed by atoms with Gasteiger partial charge in [-0.15, -0.1) is 24.8 Å². The van der Waals surface area contributed by atoms with Crippen molar-refractivity contribution >= 4 is 24.8 Å². The van der Waals surface area contributed by atoms with Crippen LogP contribution in [0, 0.1) is 11.8 Å². The Morgan fingerprint density at radius 1 is 0.714 bits per heavy atom. The minimum Gasteiger partial charge on any atom is -0.493 e. The van der Waals surface area contributed by atoms with E-state index in [4.69, 9.17) is 18.9 Å². The third kappa shape index (κ3) is 8.31. The van der Waals surface area contributed by atoms with Crippen LogP contribution >= 0.6 is 24.8 Å². The van der Waals surface area contributed by atoms with E-state index in [2.05, 4.69) is 41.4 Å². The highest BCUT2D eigenvalue weighted by atomic mass is 35.5. The van der Waals surface area contributed by atoms with E-state index in [1.54, 1.807) is 28.4 Å². The standard InChI is InChI=1S/C29H40N2O4.2ClH.5H2O/c1-6-18-17-31-10-8-20-14-27(33-3)29(35-5)16-23(20)25(31)12-21(18)11-24-22-15-28(34-4)26(32-2)13-19(22)7-9-30-24;;;;;;;/h13-16,18,21,24-25,30H,6-12,17H2,1-5H3;2*1H;5*1H2/t18-,21-,24+,25?;;;;;;;/m0......./s1. The lowest BCUT2D eigenvalue weighted by Gasteiger charge is -2.48. The molecule has 246 valence electrons. The molecule has 1 saturated heterocycles.